The normalized spacial score (nSPS) is 10.7. The van der Waals surface area contributed by atoms with E-state index >= 15 is 0 Å². The van der Waals surface area contributed by atoms with E-state index in [0.717, 1.165) is 16.4 Å². The zero-order chi connectivity index (χ0) is 17.9. The van der Waals surface area contributed by atoms with Crippen molar-refractivity contribution in [2.45, 2.75) is 6.92 Å². The predicted octanol–water partition coefficient (Wildman–Crippen LogP) is 3.95. The van der Waals surface area contributed by atoms with Gasteiger partial charge in [-0.25, -0.2) is 15.0 Å². The highest BCUT2D eigenvalue weighted by Gasteiger charge is 2.16. The molecule has 3 aromatic heterocycles. The van der Waals surface area contributed by atoms with Crippen LogP contribution in [0.1, 0.15) is 15.4 Å². The highest BCUT2D eigenvalue weighted by Crippen LogP contribution is 2.28. The average Bonchev–Trinajstić information content (AvgIpc) is 3.33. The van der Waals surface area contributed by atoms with E-state index in [1.165, 1.54) is 11.3 Å². The molecular weight excluding hydrogens is 346 g/mol. The van der Waals surface area contributed by atoms with Crippen LogP contribution in [0.25, 0.3) is 16.4 Å². The van der Waals surface area contributed by atoms with Gasteiger partial charge in [-0.05, 0) is 19.1 Å². The van der Waals surface area contributed by atoms with Crippen molar-refractivity contribution < 1.29 is 4.79 Å². The predicted molar refractivity (Wildman–Crippen MR) is 102 cm³/mol. The number of benzene rings is 1. The monoisotopic (exact) mass is 361 g/mol. The van der Waals surface area contributed by atoms with Crippen molar-refractivity contribution >= 4 is 22.9 Å². The largest absolute Gasteiger partial charge is 0.320 e. The van der Waals surface area contributed by atoms with Crippen LogP contribution in [0.15, 0.2) is 67.4 Å². The van der Waals surface area contributed by atoms with Gasteiger partial charge in [0.2, 0.25) is 0 Å². The number of thiazole rings is 1. The second-order valence-electron chi connectivity index (χ2n) is 5.63. The quantitative estimate of drug-likeness (QED) is 0.597. The van der Waals surface area contributed by atoms with Gasteiger partial charge in [0.05, 0.1) is 17.6 Å². The molecule has 0 aliphatic carbocycles. The van der Waals surface area contributed by atoms with Gasteiger partial charge in [-0.1, -0.05) is 30.3 Å². The molecule has 0 unspecified atom stereocenters. The average molecular weight is 361 g/mol. The van der Waals surface area contributed by atoms with Crippen molar-refractivity contribution in [1.82, 2.24) is 19.5 Å². The molecule has 0 saturated heterocycles. The Balaban J connectivity index is 1.52. The van der Waals surface area contributed by atoms with E-state index in [4.69, 9.17) is 0 Å². The number of amides is 1. The molecule has 1 aromatic carbocycles. The molecule has 1 amide bonds. The van der Waals surface area contributed by atoms with Gasteiger partial charge in [-0.15, -0.1) is 11.3 Å². The molecule has 6 nitrogen and oxygen atoms in total. The first-order chi connectivity index (χ1) is 12.7. The second-order valence-corrected chi connectivity index (χ2v) is 6.63. The van der Waals surface area contributed by atoms with Gasteiger partial charge < -0.3 is 5.32 Å². The van der Waals surface area contributed by atoms with Gasteiger partial charge in [-0.2, -0.15) is 0 Å². The van der Waals surface area contributed by atoms with Crippen LogP contribution in [0.4, 0.5) is 5.69 Å². The summed E-state index contributed by atoms with van der Waals surface area (Å²) in [5.74, 6) is 0.556. The van der Waals surface area contributed by atoms with Crippen molar-refractivity contribution in [3.05, 3.63) is 78.0 Å². The van der Waals surface area contributed by atoms with Gasteiger partial charge >= 0.3 is 0 Å². The highest BCUT2D eigenvalue weighted by atomic mass is 32.1. The fourth-order valence-corrected chi connectivity index (χ4v) is 3.47. The molecule has 0 aliphatic heterocycles. The Kier molecular flexibility index (Phi) is 4.28. The summed E-state index contributed by atoms with van der Waals surface area (Å²) in [6.45, 7) is 1.85. The number of carbonyl (C=O) groups is 1. The van der Waals surface area contributed by atoms with Crippen LogP contribution >= 0.6 is 11.3 Å². The second kappa shape index (κ2) is 6.89. The first-order valence-corrected chi connectivity index (χ1v) is 8.81. The molecule has 0 spiro atoms. The third-order valence-electron chi connectivity index (χ3n) is 3.80. The minimum absolute atomic E-state index is 0.181. The molecular formula is C19H15N5OS. The Labute approximate surface area is 154 Å². The maximum absolute atomic E-state index is 12.6. The molecule has 4 rings (SSSR count). The Morgan fingerprint density at radius 1 is 1.15 bits per heavy atom. The summed E-state index contributed by atoms with van der Waals surface area (Å²) in [4.78, 5) is 26.1. The summed E-state index contributed by atoms with van der Waals surface area (Å²) in [6.07, 6.45) is 6.80. The van der Waals surface area contributed by atoms with Gasteiger partial charge in [0.15, 0.2) is 0 Å². The van der Waals surface area contributed by atoms with E-state index in [9.17, 15) is 4.79 Å². The van der Waals surface area contributed by atoms with E-state index in [-0.39, 0.29) is 5.91 Å². The Morgan fingerprint density at radius 2 is 2.00 bits per heavy atom. The fourth-order valence-electron chi connectivity index (χ4n) is 2.51. The number of aromatic nitrogens is 4. The molecule has 0 bridgehead atoms. The van der Waals surface area contributed by atoms with Gasteiger partial charge in [-0.3, -0.25) is 9.36 Å². The van der Waals surface area contributed by atoms with Crippen LogP contribution in [0, 0.1) is 6.92 Å². The summed E-state index contributed by atoms with van der Waals surface area (Å²) in [5.41, 5.74) is 2.35. The number of hydrogen-bond donors (Lipinski definition) is 1. The van der Waals surface area contributed by atoms with Crippen molar-refractivity contribution in [3.8, 4) is 16.4 Å². The van der Waals surface area contributed by atoms with E-state index in [2.05, 4.69) is 20.3 Å². The van der Waals surface area contributed by atoms with Crippen LogP contribution in [0.5, 0.6) is 0 Å². The lowest BCUT2D eigenvalue weighted by atomic mass is 10.2. The van der Waals surface area contributed by atoms with E-state index in [0.29, 0.717) is 16.3 Å². The van der Waals surface area contributed by atoms with Crippen LogP contribution in [0.3, 0.4) is 0 Å². The summed E-state index contributed by atoms with van der Waals surface area (Å²) in [7, 11) is 0. The van der Waals surface area contributed by atoms with E-state index in [1.807, 2.05) is 55.6 Å². The highest BCUT2D eigenvalue weighted by molar-refractivity contribution is 7.17. The van der Waals surface area contributed by atoms with Gasteiger partial charge in [0, 0.05) is 18.0 Å². The Hall–Kier alpha value is -3.32. The van der Waals surface area contributed by atoms with Crippen molar-refractivity contribution in [2.24, 2.45) is 0 Å². The Bertz CT molecular complexity index is 1020. The third-order valence-corrected chi connectivity index (χ3v) is 5.00. The summed E-state index contributed by atoms with van der Waals surface area (Å²) in [5, 5.41) is 3.72. The van der Waals surface area contributed by atoms with Crippen molar-refractivity contribution in [2.75, 3.05) is 5.32 Å². The first-order valence-electron chi connectivity index (χ1n) is 7.99. The maximum Gasteiger partial charge on any atom is 0.267 e. The number of rotatable bonds is 4. The molecule has 1 N–H and O–H groups in total. The molecule has 4 aromatic rings. The summed E-state index contributed by atoms with van der Waals surface area (Å²) < 4.78 is 1.80. The van der Waals surface area contributed by atoms with Crippen LogP contribution in [-0.2, 0) is 0 Å². The standard InChI is InChI=1S/C19H15N5OS/c1-13-17(26-19(22-13)14-5-3-2-4-6-14)18(25)23-15-7-8-16(21-11-15)24-10-9-20-12-24/h2-12H,1H3,(H,23,25). The van der Waals surface area contributed by atoms with Crippen LogP contribution < -0.4 is 5.32 Å². The lowest BCUT2D eigenvalue weighted by Gasteiger charge is -2.05. The number of nitrogens with one attached hydrogen (secondary N) is 1. The van der Waals surface area contributed by atoms with Crippen molar-refractivity contribution in [3.63, 3.8) is 0 Å². The zero-order valence-corrected chi connectivity index (χ0v) is 14.8. The van der Waals surface area contributed by atoms with E-state index < -0.39 is 0 Å². The number of hydrogen-bond acceptors (Lipinski definition) is 5. The minimum atomic E-state index is -0.181. The fraction of sp³-hybridized carbons (Fsp3) is 0.0526. The van der Waals surface area contributed by atoms with Crippen LogP contribution in [-0.4, -0.2) is 25.4 Å². The van der Waals surface area contributed by atoms with Crippen molar-refractivity contribution in [1.29, 1.82) is 0 Å². The minimum Gasteiger partial charge on any atom is -0.320 e. The lowest BCUT2D eigenvalue weighted by molar-refractivity contribution is 0.103. The van der Waals surface area contributed by atoms with Crippen LogP contribution in [0.2, 0.25) is 0 Å². The molecule has 128 valence electrons. The SMILES string of the molecule is Cc1nc(-c2ccccc2)sc1C(=O)Nc1ccc(-n2ccnc2)nc1. The molecule has 26 heavy (non-hydrogen) atoms. The number of anilines is 1. The molecule has 0 saturated carbocycles. The zero-order valence-electron chi connectivity index (χ0n) is 14.0. The molecule has 7 heteroatoms. The summed E-state index contributed by atoms with van der Waals surface area (Å²) in [6, 6.07) is 13.5. The summed E-state index contributed by atoms with van der Waals surface area (Å²) >= 11 is 1.39. The third kappa shape index (κ3) is 3.25. The smallest absolute Gasteiger partial charge is 0.267 e. The van der Waals surface area contributed by atoms with Gasteiger partial charge in [0.1, 0.15) is 22.0 Å². The lowest BCUT2D eigenvalue weighted by Crippen LogP contribution is -2.12. The molecule has 3 heterocycles. The maximum atomic E-state index is 12.6. The first kappa shape index (κ1) is 16.2. The number of carbonyl (C=O) groups excluding carboxylic acids is 1. The Morgan fingerprint density at radius 3 is 2.69 bits per heavy atom. The molecule has 0 atom stereocenters. The molecule has 0 aliphatic rings. The molecule has 0 radical (unpaired) electrons. The number of pyridine rings is 1. The topological polar surface area (TPSA) is 72.7 Å². The molecule has 0 fully saturated rings. The number of aryl methyl sites for hydroxylation is 1. The number of imidazole rings is 1. The van der Waals surface area contributed by atoms with Gasteiger partial charge in [0.25, 0.3) is 5.91 Å². The number of nitrogens with zero attached hydrogens (tertiary/aromatic N) is 4. The van der Waals surface area contributed by atoms with E-state index in [1.54, 1.807) is 23.3 Å².